The Balaban J connectivity index is 1.86. The molecule has 0 bridgehead atoms. The van der Waals surface area contributed by atoms with E-state index in [1.54, 1.807) is 29.9 Å². The normalized spacial score (nSPS) is 13.4. The first-order chi connectivity index (χ1) is 16.0. The number of aldehydes is 1. The van der Waals surface area contributed by atoms with Crippen molar-refractivity contribution in [3.05, 3.63) is 53.2 Å². The average Bonchev–Trinajstić information content (AvgIpc) is 3.25. The van der Waals surface area contributed by atoms with Crippen molar-refractivity contribution >= 4 is 35.8 Å². The number of ether oxygens (including phenoxy) is 2. The lowest BCUT2D eigenvalue weighted by atomic mass is 10.2. The first-order valence-corrected chi connectivity index (χ1v) is 11.0. The standard InChI is InChI=1S/C20H23ClN8O3S/c1-12(17(32-3)18-23-8-14(21)9-24-18)33-28-20-27-26-19(29(20)10-13(7-22)11-30)15-5-4-6-16(25-15)31-2/h4-9,11-12,17H,10,22H2,1-3H3,(H,27,28). The van der Waals surface area contributed by atoms with Gasteiger partial charge in [-0.2, -0.15) is 0 Å². The van der Waals surface area contributed by atoms with E-state index in [0.717, 1.165) is 0 Å². The first-order valence-electron chi connectivity index (χ1n) is 9.73. The summed E-state index contributed by atoms with van der Waals surface area (Å²) in [6, 6.07) is 5.29. The van der Waals surface area contributed by atoms with Crippen LogP contribution in [0.3, 0.4) is 0 Å². The Morgan fingerprint density at radius 3 is 2.70 bits per heavy atom. The highest BCUT2D eigenvalue weighted by molar-refractivity contribution is 8.01. The zero-order valence-corrected chi connectivity index (χ0v) is 19.7. The fourth-order valence-electron chi connectivity index (χ4n) is 2.87. The zero-order valence-electron chi connectivity index (χ0n) is 18.2. The van der Waals surface area contributed by atoms with Gasteiger partial charge in [-0.25, -0.2) is 15.0 Å². The predicted molar refractivity (Wildman–Crippen MR) is 126 cm³/mol. The smallest absolute Gasteiger partial charge is 0.235 e. The van der Waals surface area contributed by atoms with Gasteiger partial charge >= 0.3 is 0 Å². The molecule has 33 heavy (non-hydrogen) atoms. The fraction of sp³-hybridized carbons (Fsp3) is 0.300. The number of carbonyl (C=O) groups excluding carboxylic acids is 1. The Morgan fingerprint density at radius 1 is 1.30 bits per heavy atom. The van der Waals surface area contributed by atoms with Crippen LogP contribution in [0, 0.1) is 0 Å². The lowest BCUT2D eigenvalue weighted by Crippen LogP contribution is -2.19. The van der Waals surface area contributed by atoms with Gasteiger partial charge in [0.1, 0.15) is 18.1 Å². The van der Waals surface area contributed by atoms with Crippen LogP contribution in [0.4, 0.5) is 5.95 Å². The molecule has 0 saturated heterocycles. The highest BCUT2D eigenvalue weighted by Crippen LogP contribution is 2.29. The predicted octanol–water partition coefficient (Wildman–Crippen LogP) is 2.67. The van der Waals surface area contributed by atoms with E-state index in [2.05, 4.69) is 29.9 Å². The van der Waals surface area contributed by atoms with Crippen LogP contribution >= 0.6 is 23.5 Å². The van der Waals surface area contributed by atoms with Gasteiger partial charge in [-0.1, -0.05) is 17.7 Å². The van der Waals surface area contributed by atoms with Crippen molar-refractivity contribution in [2.75, 3.05) is 18.9 Å². The van der Waals surface area contributed by atoms with Crippen molar-refractivity contribution in [3.63, 3.8) is 0 Å². The molecule has 0 saturated carbocycles. The molecule has 3 aromatic rings. The molecule has 3 rings (SSSR count). The summed E-state index contributed by atoms with van der Waals surface area (Å²) < 4.78 is 15.7. The summed E-state index contributed by atoms with van der Waals surface area (Å²) in [5.41, 5.74) is 6.47. The number of pyridine rings is 1. The van der Waals surface area contributed by atoms with E-state index in [1.165, 1.54) is 37.7 Å². The number of nitrogens with zero attached hydrogens (tertiary/aromatic N) is 6. The molecule has 0 fully saturated rings. The quantitative estimate of drug-likeness (QED) is 0.232. The minimum atomic E-state index is -0.412. The van der Waals surface area contributed by atoms with Crippen LogP contribution in [-0.4, -0.2) is 55.5 Å². The number of nitrogens with two attached hydrogens (primary N) is 1. The second kappa shape index (κ2) is 11.6. The van der Waals surface area contributed by atoms with Gasteiger partial charge in [-0.3, -0.25) is 14.1 Å². The summed E-state index contributed by atoms with van der Waals surface area (Å²) in [5, 5.41) is 8.81. The summed E-state index contributed by atoms with van der Waals surface area (Å²) in [6.07, 6.45) is 4.55. The number of carbonyl (C=O) groups is 1. The van der Waals surface area contributed by atoms with Gasteiger partial charge in [0.25, 0.3) is 0 Å². The molecule has 0 aliphatic heterocycles. The molecule has 11 nitrogen and oxygen atoms in total. The summed E-state index contributed by atoms with van der Waals surface area (Å²) >= 11 is 7.22. The first kappa shape index (κ1) is 24.4. The fourth-order valence-corrected chi connectivity index (χ4v) is 3.76. The molecule has 0 aromatic carbocycles. The molecule has 3 heterocycles. The Hall–Kier alpha value is -3.22. The molecule has 13 heteroatoms. The second-order valence-corrected chi connectivity index (χ2v) is 8.32. The summed E-state index contributed by atoms with van der Waals surface area (Å²) in [6.45, 7) is 2.10. The molecule has 3 N–H and O–H groups in total. The van der Waals surface area contributed by atoms with Gasteiger partial charge < -0.3 is 15.2 Å². The number of allylic oxidation sites excluding steroid dienone is 1. The Kier molecular flexibility index (Phi) is 8.58. The van der Waals surface area contributed by atoms with Crippen LogP contribution in [0.1, 0.15) is 18.9 Å². The Bertz CT molecular complexity index is 1110. The molecule has 0 aliphatic rings. The third-order valence-corrected chi connectivity index (χ3v) is 5.64. The third-order valence-electron chi connectivity index (χ3n) is 4.53. The van der Waals surface area contributed by atoms with Crippen molar-refractivity contribution in [1.29, 1.82) is 0 Å². The maximum atomic E-state index is 11.4. The van der Waals surface area contributed by atoms with Gasteiger partial charge in [-0.15, -0.1) is 10.2 Å². The average molecular weight is 491 g/mol. The van der Waals surface area contributed by atoms with Crippen molar-refractivity contribution in [2.45, 2.75) is 24.8 Å². The lowest BCUT2D eigenvalue weighted by molar-refractivity contribution is -0.105. The van der Waals surface area contributed by atoms with Gasteiger partial charge in [0, 0.05) is 37.3 Å². The number of methoxy groups -OCH3 is 2. The molecule has 0 aliphatic carbocycles. The minimum Gasteiger partial charge on any atom is -0.481 e. The number of halogens is 1. The number of anilines is 1. The van der Waals surface area contributed by atoms with E-state index in [0.29, 0.717) is 46.1 Å². The molecule has 174 valence electrons. The van der Waals surface area contributed by atoms with Crippen LogP contribution < -0.4 is 15.2 Å². The SMILES string of the molecule is COc1cccc(-c2nnc(NSC(C)C(OC)c3ncc(Cl)cn3)n2CC(C=O)=CN)n1. The van der Waals surface area contributed by atoms with Gasteiger partial charge in [-0.05, 0) is 24.9 Å². The molecule has 0 radical (unpaired) electrons. The van der Waals surface area contributed by atoms with Crippen LogP contribution in [0.2, 0.25) is 5.02 Å². The second-order valence-electron chi connectivity index (χ2n) is 6.70. The number of hydrogen-bond donors (Lipinski definition) is 2. The molecular weight excluding hydrogens is 468 g/mol. The molecule has 2 unspecified atom stereocenters. The van der Waals surface area contributed by atoms with Crippen molar-refractivity contribution < 1.29 is 14.3 Å². The van der Waals surface area contributed by atoms with E-state index < -0.39 is 6.10 Å². The van der Waals surface area contributed by atoms with E-state index in [4.69, 9.17) is 26.8 Å². The molecule has 2 atom stereocenters. The Labute approximate surface area is 199 Å². The highest BCUT2D eigenvalue weighted by atomic mass is 35.5. The zero-order chi connectivity index (χ0) is 23.8. The summed E-state index contributed by atoms with van der Waals surface area (Å²) in [7, 11) is 3.11. The van der Waals surface area contributed by atoms with E-state index in [1.807, 2.05) is 6.92 Å². The third kappa shape index (κ3) is 5.97. The van der Waals surface area contributed by atoms with Crippen molar-refractivity contribution in [1.82, 2.24) is 29.7 Å². The summed E-state index contributed by atoms with van der Waals surface area (Å²) in [5.74, 6) is 1.77. The van der Waals surface area contributed by atoms with Crippen LogP contribution in [-0.2, 0) is 16.1 Å². The van der Waals surface area contributed by atoms with Gasteiger partial charge in [0.15, 0.2) is 11.6 Å². The number of rotatable bonds is 11. The largest absolute Gasteiger partial charge is 0.481 e. The van der Waals surface area contributed by atoms with E-state index in [-0.39, 0.29) is 11.8 Å². The lowest BCUT2D eigenvalue weighted by Gasteiger charge is -2.21. The summed E-state index contributed by atoms with van der Waals surface area (Å²) in [4.78, 5) is 24.3. The Morgan fingerprint density at radius 2 is 2.06 bits per heavy atom. The maximum Gasteiger partial charge on any atom is 0.235 e. The molecular formula is C20H23ClN8O3S. The van der Waals surface area contributed by atoms with E-state index >= 15 is 0 Å². The number of nitrogens with one attached hydrogen (secondary N) is 1. The molecule has 3 aromatic heterocycles. The van der Waals surface area contributed by atoms with Crippen LogP contribution in [0.5, 0.6) is 5.88 Å². The monoisotopic (exact) mass is 490 g/mol. The van der Waals surface area contributed by atoms with E-state index in [9.17, 15) is 4.79 Å². The molecule has 0 amide bonds. The van der Waals surface area contributed by atoms with Crippen molar-refractivity contribution in [2.24, 2.45) is 5.73 Å². The van der Waals surface area contributed by atoms with Gasteiger partial charge in [0.2, 0.25) is 11.8 Å². The minimum absolute atomic E-state index is 0.129. The van der Waals surface area contributed by atoms with Crippen LogP contribution in [0.15, 0.2) is 42.4 Å². The topological polar surface area (TPSA) is 143 Å². The van der Waals surface area contributed by atoms with Crippen LogP contribution in [0.25, 0.3) is 11.5 Å². The molecule has 0 spiro atoms. The van der Waals surface area contributed by atoms with Gasteiger partial charge in [0.05, 0.1) is 23.9 Å². The maximum absolute atomic E-state index is 11.4. The van der Waals surface area contributed by atoms with Crippen molar-refractivity contribution in [3.8, 4) is 17.4 Å². The highest BCUT2D eigenvalue weighted by Gasteiger charge is 2.24. The number of hydrogen-bond acceptors (Lipinski definition) is 11. The number of aromatic nitrogens is 6.